The van der Waals surface area contributed by atoms with Crippen LogP contribution in [-0.4, -0.2) is 69.6 Å². The molecule has 7 unspecified atom stereocenters. The third kappa shape index (κ3) is 10.6. The molecular formula is C48H68F5N5O3S. The number of aliphatic hydroxyl groups excluding tert-OH is 1. The fourth-order valence-corrected chi connectivity index (χ4v) is 13.2. The van der Waals surface area contributed by atoms with Crippen molar-refractivity contribution in [3.63, 3.8) is 0 Å². The number of nitrogens with two attached hydrogens (primary N) is 2. The van der Waals surface area contributed by atoms with Gasteiger partial charge in [-0.15, -0.1) is 0 Å². The van der Waals surface area contributed by atoms with Gasteiger partial charge in [0, 0.05) is 46.6 Å². The fourth-order valence-electron chi connectivity index (χ4n) is 12.0. The molecular weight excluding hydrogens is 822 g/mol. The van der Waals surface area contributed by atoms with Crippen molar-refractivity contribution < 1.29 is 36.0 Å². The van der Waals surface area contributed by atoms with E-state index in [0.717, 1.165) is 89.2 Å². The summed E-state index contributed by atoms with van der Waals surface area (Å²) in [4.78, 5) is 9.06. The molecule has 7 rings (SSSR count). The Labute approximate surface area is 367 Å². The van der Waals surface area contributed by atoms with Crippen LogP contribution in [-0.2, 0) is 29.1 Å². The van der Waals surface area contributed by atoms with Gasteiger partial charge >= 0.3 is 12.1 Å². The minimum Gasteiger partial charge on any atom is -0.490 e. The summed E-state index contributed by atoms with van der Waals surface area (Å²) in [5, 5.41) is 14.2. The third-order valence-electron chi connectivity index (χ3n) is 15.3. The van der Waals surface area contributed by atoms with Gasteiger partial charge in [0.2, 0.25) is 0 Å². The average molecular weight is 890 g/mol. The molecule has 5 aliphatic rings. The van der Waals surface area contributed by atoms with Gasteiger partial charge in [-0.25, -0.2) is 4.99 Å². The second kappa shape index (κ2) is 19.5. The van der Waals surface area contributed by atoms with Crippen LogP contribution in [0, 0.1) is 35.0 Å². The topological polar surface area (TPSA) is 135 Å². The van der Waals surface area contributed by atoms with Gasteiger partial charge in [-0.3, -0.25) is 14.5 Å². The van der Waals surface area contributed by atoms with Gasteiger partial charge in [0.1, 0.15) is 11.9 Å². The highest BCUT2D eigenvalue weighted by molar-refractivity contribution is 7.84. The second-order valence-electron chi connectivity index (χ2n) is 19.5. The minimum absolute atomic E-state index is 0.00802. The van der Waals surface area contributed by atoms with E-state index in [2.05, 4.69) is 59.5 Å². The predicted molar refractivity (Wildman–Crippen MR) is 237 cm³/mol. The molecule has 2 aromatic rings. The third-order valence-corrected chi connectivity index (χ3v) is 16.8. The lowest BCUT2D eigenvalue weighted by molar-refractivity contribution is -0.284. The molecule has 0 aliphatic heterocycles. The van der Waals surface area contributed by atoms with Gasteiger partial charge in [0.15, 0.2) is 11.9 Å². The Balaban J connectivity index is 0.881. The van der Waals surface area contributed by atoms with Gasteiger partial charge in [-0.1, -0.05) is 81.8 Å². The van der Waals surface area contributed by atoms with Crippen LogP contribution in [0.4, 0.5) is 22.0 Å². The molecule has 14 heteroatoms. The first-order chi connectivity index (χ1) is 29.5. The first-order valence-electron chi connectivity index (χ1n) is 23.2. The first-order valence-corrected chi connectivity index (χ1v) is 24.7. The summed E-state index contributed by atoms with van der Waals surface area (Å²) in [5.74, 6) is -0.558. The number of benzene rings is 2. The van der Waals surface area contributed by atoms with E-state index in [1.807, 2.05) is 18.2 Å². The zero-order valence-electron chi connectivity index (χ0n) is 36.5. The SMILES string of the molecule is CC(N=C(N)NC(N)=NCCc1ccccc1)C1CC1Oc1ccc2c(c1)CC(CCCCCCCCCS(=O)CCCC(F)(F)C(F)(F)F)[C@H]1[C@@H]3CC[C@H](O)[C@@]3(C)CC3CC231. The van der Waals surface area contributed by atoms with Crippen LogP contribution in [0.3, 0.4) is 0 Å². The first kappa shape index (κ1) is 46.7. The maximum atomic E-state index is 13.1. The lowest BCUT2D eigenvalue weighted by Crippen LogP contribution is -2.50. The van der Waals surface area contributed by atoms with E-state index in [-0.39, 0.29) is 52.7 Å². The monoisotopic (exact) mass is 889 g/mol. The number of hydrogen-bond donors (Lipinski definition) is 4. The molecule has 2 aromatic carbocycles. The van der Waals surface area contributed by atoms with Crippen molar-refractivity contribution >= 4 is 22.7 Å². The summed E-state index contributed by atoms with van der Waals surface area (Å²) >= 11 is 0. The van der Waals surface area contributed by atoms with Crippen molar-refractivity contribution in [2.45, 2.75) is 159 Å². The van der Waals surface area contributed by atoms with Crippen LogP contribution in [0.15, 0.2) is 58.5 Å². The highest BCUT2D eigenvalue weighted by Crippen LogP contribution is 2.76. The molecule has 62 heavy (non-hydrogen) atoms. The highest BCUT2D eigenvalue weighted by Gasteiger charge is 2.72. The molecule has 1 spiro atoms. The van der Waals surface area contributed by atoms with Crippen molar-refractivity contribution in [2.75, 3.05) is 18.1 Å². The highest BCUT2D eigenvalue weighted by atomic mass is 32.2. The Bertz CT molecular complexity index is 1920. The van der Waals surface area contributed by atoms with Crippen molar-refractivity contribution in [2.24, 2.45) is 56.5 Å². The van der Waals surface area contributed by atoms with E-state index in [1.54, 1.807) is 0 Å². The Hall–Kier alpha value is -3.26. The van der Waals surface area contributed by atoms with Gasteiger partial charge in [0.25, 0.3) is 0 Å². The molecule has 344 valence electrons. The molecule has 0 heterocycles. The number of nitrogens with zero attached hydrogens (tertiary/aromatic N) is 2. The van der Waals surface area contributed by atoms with E-state index >= 15 is 0 Å². The molecule has 0 saturated heterocycles. The van der Waals surface area contributed by atoms with E-state index < -0.39 is 35.7 Å². The van der Waals surface area contributed by atoms with Crippen LogP contribution in [0.25, 0.3) is 0 Å². The summed E-state index contributed by atoms with van der Waals surface area (Å²) in [5.41, 5.74) is 16.6. The Kier molecular flexibility index (Phi) is 14.7. The van der Waals surface area contributed by atoms with E-state index in [4.69, 9.17) is 16.2 Å². The average Bonchev–Trinajstić information content (AvgIpc) is 4.12. The lowest BCUT2D eigenvalue weighted by Gasteiger charge is -2.53. The number of nitrogens with one attached hydrogen (secondary N) is 1. The minimum atomic E-state index is -5.56. The van der Waals surface area contributed by atoms with Crippen LogP contribution in [0.2, 0.25) is 0 Å². The normalized spacial score (nSPS) is 31.3. The van der Waals surface area contributed by atoms with Gasteiger partial charge in [0.05, 0.1) is 12.1 Å². The Morgan fingerprint density at radius 2 is 1.66 bits per heavy atom. The lowest BCUT2D eigenvalue weighted by atomic mass is 9.51. The van der Waals surface area contributed by atoms with Gasteiger partial charge < -0.3 is 21.3 Å². The Morgan fingerprint density at radius 3 is 2.40 bits per heavy atom. The van der Waals surface area contributed by atoms with E-state index in [0.29, 0.717) is 42.4 Å². The second-order valence-corrected chi connectivity index (χ2v) is 21.2. The molecule has 0 amide bonds. The number of alkyl halides is 5. The number of ether oxygens (including phenoxy) is 1. The number of halogens is 5. The fraction of sp³-hybridized carbons (Fsp3) is 0.708. The number of hydrogen-bond acceptors (Lipinski definition) is 5. The number of aliphatic imine (C=N–C) groups is 2. The molecule has 0 bridgehead atoms. The number of guanidine groups is 2. The number of fused-ring (bicyclic) bond motifs is 3. The molecule has 6 N–H and O–H groups in total. The van der Waals surface area contributed by atoms with Crippen LogP contribution in [0.5, 0.6) is 5.75 Å². The zero-order chi connectivity index (χ0) is 44.3. The summed E-state index contributed by atoms with van der Waals surface area (Å²) < 4.78 is 82.2. The molecule has 0 radical (unpaired) electrons. The number of aliphatic hydroxyl groups is 1. The van der Waals surface area contributed by atoms with Gasteiger partial charge in [-0.2, -0.15) is 22.0 Å². The quantitative estimate of drug-likeness (QED) is 0.0427. The maximum Gasteiger partial charge on any atom is 0.453 e. The summed E-state index contributed by atoms with van der Waals surface area (Å²) in [6.45, 7) is 4.97. The van der Waals surface area contributed by atoms with Crippen LogP contribution in [0.1, 0.15) is 127 Å². The number of unbranched alkanes of at least 4 members (excludes halogenated alkanes) is 6. The maximum absolute atomic E-state index is 13.1. The summed E-state index contributed by atoms with van der Waals surface area (Å²) in [6, 6.07) is 17.0. The largest absolute Gasteiger partial charge is 0.490 e. The smallest absolute Gasteiger partial charge is 0.453 e. The van der Waals surface area contributed by atoms with Gasteiger partial charge in [-0.05, 0) is 129 Å². The molecule has 4 fully saturated rings. The number of rotatable bonds is 21. The molecule has 0 aromatic heterocycles. The molecule has 4 saturated carbocycles. The molecule has 11 atom stereocenters. The van der Waals surface area contributed by atoms with Crippen molar-refractivity contribution in [3.05, 3.63) is 65.2 Å². The van der Waals surface area contributed by atoms with E-state index in [9.17, 15) is 31.3 Å². The van der Waals surface area contributed by atoms with E-state index in [1.165, 1.54) is 23.1 Å². The molecule has 5 aliphatic carbocycles. The van der Waals surface area contributed by atoms with Crippen LogP contribution >= 0.6 is 0 Å². The van der Waals surface area contributed by atoms with Crippen LogP contribution < -0.4 is 21.5 Å². The summed E-state index contributed by atoms with van der Waals surface area (Å²) in [6.07, 6.45) is 7.80. The van der Waals surface area contributed by atoms with Crippen molar-refractivity contribution in [1.82, 2.24) is 5.32 Å². The van der Waals surface area contributed by atoms with Crippen molar-refractivity contribution in [1.29, 1.82) is 0 Å². The zero-order valence-corrected chi connectivity index (χ0v) is 37.3. The molecule has 8 nitrogen and oxygen atoms in total. The standard InChI is InChI=1S/C48H68F5N5O3S/c1-31(57-44(55)58-43(54)56-23-21-32-14-9-8-10-15-32)37-28-40(37)61-36-17-18-38-34(27-36)26-33(42-39-19-20-41(59)45(39,2)29-35-30-46(35,38)42)16-11-6-4-3-5-7-12-24-62(60)25-13-22-47(49,50)48(51,52)53/h8-10,14-15,17-18,27,31,33,35,37,39-42,59H,3-7,11-13,16,19-26,28-30H2,1-2H3,(H5,54,55,56,57,58)/t31?,33?,35?,37?,39-,40?,41-,42-,45-,46?,62?/m0/s1. The predicted octanol–water partition coefficient (Wildman–Crippen LogP) is 9.38. The Morgan fingerprint density at radius 1 is 0.952 bits per heavy atom. The van der Waals surface area contributed by atoms with Crippen molar-refractivity contribution in [3.8, 4) is 5.75 Å². The summed E-state index contributed by atoms with van der Waals surface area (Å²) in [7, 11) is -1.38.